The van der Waals surface area contributed by atoms with E-state index in [1.807, 2.05) is 47.1 Å². The third-order valence-electron chi connectivity index (χ3n) is 5.42. The van der Waals surface area contributed by atoms with Crippen molar-refractivity contribution in [3.63, 3.8) is 0 Å². The predicted octanol–water partition coefficient (Wildman–Crippen LogP) is 6.92. The van der Waals surface area contributed by atoms with E-state index in [0.29, 0.717) is 18.2 Å². The number of aryl methyl sites for hydroxylation is 1. The molecule has 0 atom stereocenters. The number of aliphatic imine (C=N–C) groups is 1. The lowest BCUT2D eigenvalue weighted by atomic mass is 10.1. The summed E-state index contributed by atoms with van der Waals surface area (Å²) < 4.78 is 20.8. The van der Waals surface area contributed by atoms with Crippen molar-refractivity contribution in [2.45, 2.75) is 13.5 Å². The zero-order valence-corrected chi connectivity index (χ0v) is 19.1. The third kappa shape index (κ3) is 5.45. The van der Waals surface area contributed by atoms with Gasteiger partial charge in [-0.05, 0) is 42.8 Å². The Morgan fingerprint density at radius 3 is 2.51 bits per heavy atom. The summed E-state index contributed by atoms with van der Waals surface area (Å²) in [5.41, 5.74) is 5.59. The molecule has 0 N–H and O–H groups in total. The van der Waals surface area contributed by atoms with Crippen LogP contribution in [0.2, 0.25) is 0 Å². The number of para-hydroxylation sites is 1. The minimum Gasteiger partial charge on any atom is -0.488 e. The highest BCUT2D eigenvalue weighted by molar-refractivity contribution is 5.82. The highest BCUT2D eigenvalue weighted by atomic mass is 19.1. The summed E-state index contributed by atoms with van der Waals surface area (Å²) in [5, 5.41) is 4.81. The average Bonchev–Trinajstić information content (AvgIpc) is 3.33. The number of ether oxygens (including phenoxy) is 1. The minimum atomic E-state index is -0.268. The molecule has 4 nitrogen and oxygen atoms in total. The van der Waals surface area contributed by atoms with Gasteiger partial charge in [-0.25, -0.2) is 14.1 Å². The van der Waals surface area contributed by atoms with Gasteiger partial charge in [0.15, 0.2) is 5.82 Å². The van der Waals surface area contributed by atoms with E-state index < -0.39 is 0 Å². The van der Waals surface area contributed by atoms with Crippen LogP contribution in [0.15, 0.2) is 102 Å². The van der Waals surface area contributed by atoms with Crippen molar-refractivity contribution in [3.05, 3.63) is 132 Å². The van der Waals surface area contributed by atoms with E-state index >= 15 is 0 Å². The number of hydrogen-bond donors (Lipinski definition) is 0. The molecule has 0 fully saturated rings. The minimum absolute atomic E-state index is 0.268. The van der Waals surface area contributed by atoms with Gasteiger partial charge in [-0.1, -0.05) is 72.3 Å². The summed E-state index contributed by atoms with van der Waals surface area (Å²) in [5.74, 6) is 1.06. The zero-order valence-electron chi connectivity index (χ0n) is 19.1. The summed E-state index contributed by atoms with van der Waals surface area (Å²) in [6.07, 6.45) is 1.72. The Labute approximate surface area is 204 Å². The average molecular weight is 460 g/mol. The van der Waals surface area contributed by atoms with Crippen molar-refractivity contribution in [2.75, 3.05) is 0 Å². The molecule has 0 bridgehead atoms. The molecular formula is C30H22FN3O. The zero-order chi connectivity index (χ0) is 24.0. The van der Waals surface area contributed by atoms with Gasteiger partial charge in [0.2, 0.25) is 0 Å². The van der Waals surface area contributed by atoms with Crippen LogP contribution in [-0.4, -0.2) is 16.0 Å². The fourth-order valence-corrected chi connectivity index (χ4v) is 3.55. The van der Waals surface area contributed by atoms with Gasteiger partial charge in [-0.2, -0.15) is 5.10 Å². The van der Waals surface area contributed by atoms with Crippen LogP contribution in [0.25, 0.3) is 16.9 Å². The SMILES string of the molecule is Cc1ccc(-c2cc(N=Cc3c#ccc(OCc4ccc(F)cc4)c3)n(-c3ccccc3)n2)cc1. The van der Waals surface area contributed by atoms with Crippen LogP contribution in [0.4, 0.5) is 10.2 Å². The third-order valence-corrected chi connectivity index (χ3v) is 5.42. The largest absolute Gasteiger partial charge is 0.488 e. The van der Waals surface area contributed by atoms with E-state index in [1.165, 1.54) is 17.7 Å². The van der Waals surface area contributed by atoms with E-state index in [4.69, 9.17) is 14.8 Å². The number of benzene rings is 3. The van der Waals surface area contributed by atoms with Crippen LogP contribution < -0.4 is 4.74 Å². The van der Waals surface area contributed by atoms with E-state index in [9.17, 15) is 4.39 Å². The molecule has 0 aliphatic heterocycles. The van der Waals surface area contributed by atoms with Crippen LogP contribution in [0.3, 0.4) is 0 Å². The summed E-state index contributed by atoms with van der Waals surface area (Å²) in [4.78, 5) is 4.71. The highest BCUT2D eigenvalue weighted by Gasteiger charge is 2.10. The molecule has 5 heteroatoms. The van der Waals surface area contributed by atoms with Crippen molar-refractivity contribution in [1.82, 2.24) is 9.78 Å². The van der Waals surface area contributed by atoms with E-state index in [-0.39, 0.29) is 5.82 Å². The van der Waals surface area contributed by atoms with Crippen molar-refractivity contribution in [2.24, 2.45) is 4.99 Å². The van der Waals surface area contributed by atoms with Gasteiger partial charge in [-0.3, -0.25) is 0 Å². The van der Waals surface area contributed by atoms with Gasteiger partial charge >= 0.3 is 0 Å². The van der Waals surface area contributed by atoms with E-state index in [2.05, 4.69) is 43.3 Å². The highest BCUT2D eigenvalue weighted by Crippen LogP contribution is 2.27. The summed E-state index contributed by atoms with van der Waals surface area (Å²) in [7, 11) is 0. The summed E-state index contributed by atoms with van der Waals surface area (Å²) >= 11 is 0. The van der Waals surface area contributed by atoms with Crippen molar-refractivity contribution in [1.29, 1.82) is 0 Å². The number of halogens is 1. The fourth-order valence-electron chi connectivity index (χ4n) is 3.55. The van der Waals surface area contributed by atoms with Crippen molar-refractivity contribution < 1.29 is 9.13 Å². The summed E-state index contributed by atoms with van der Waals surface area (Å²) in [6.45, 7) is 2.39. The van der Waals surface area contributed by atoms with E-state index in [1.54, 1.807) is 24.4 Å². The van der Waals surface area contributed by atoms with Gasteiger partial charge in [0.1, 0.15) is 18.2 Å². The maximum Gasteiger partial charge on any atom is 0.156 e. The molecule has 0 aliphatic rings. The molecule has 0 aliphatic carbocycles. The Hall–Kier alpha value is -4.69. The molecule has 0 amide bonds. The molecule has 1 aromatic heterocycles. The second-order valence-electron chi connectivity index (χ2n) is 8.09. The molecule has 4 aromatic carbocycles. The Morgan fingerprint density at radius 1 is 0.971 bits per heavy atom. The fraction of sp³-hybridized carbons (Fsp3) is 0.0667. The normalized spacial score (nSPS) is 10.9. The molecule has 5 aromatic rings. The monoisotopic (exact) mass is 459 g/mol. The molecule has 35 heavy (non-hydrogen) atoms. The maximum absolute atomic E-state index is 13.1. The van der Waals surface area contributed by atoms with Gasteiger partial charge in [-0.15, -0.1) is 0 Å². The van der Waals surface area contributed by atoms with Crippen LogP contribution in [0.1, 0.15) is 16.7 Å². The molecule has 0 spiro atoms. The quantitative estimate of drug-likeness (QED) is 0.248. The number of nitrogens with zero attached hydrogens (tertiary/aromatic N) is 3. The standard InChI is InChI=1S/C30H22FN3O/c1-22-10-14-25(15-11-22)29-19-30(34(33-29)27-7-3-2-4-8-27)32-20-24-6-5-9-28(18-24)35-21-23-12-16-26(31)17-13-23/h2-4,7-20H,21H2,1H3. The smallest absolute Gasteiger partial charge is 0.156 e. The maximum atomic E-state index is 13.1. The molecule has 0 radical (unpaired) electrons. The first-order chi connectivity index (χ1) is 17.1. The Morgan fingerprint density at radius 2 is 1.74 bits per heavy atom. The lowest BCUT2D eigenvalue weighted by Gasteiger charge is -2.05. The molecule has 1 heterocycles. The van der Waals surface area contributed by atoms with Crippen LogP contribution in [0.5, 0.6) is 5.75 Å². The van der Waals surface area contributed by atoms with E-state index in [0.717, 1.165) is 28.1 Å². The Balaban J connectivity index is 1.40. The molecule has 170 valence electrons. The molecule has 0 saturated carbocycles. The number of hydrogen-bond acceptors (Lipinski definition) is 3. The topological polar surface area (TPSA) is 39.4 Å². The number of aromatic nitrogens is 2. The number of rotatable bonds is 7. The first kappa shape index (κ1) is 22.1. The van der Waals surface area contributed by atoms with Gasteiger partial charge in [0.25, 0.3) is 0 Å². The summed E-state index contributed by atoms with van der Waals surface area (Å²) in [6, 6.07) is 36.0. The second-order valence-corrected chi connectivity index (χ2v) is 8.09. The van der Waals surface area contributed by atoms with Crippen LogP contribution in [-0.2, 0) is 6.61 Å². The predicted molar refractivity (Wildman–Crippen MR) is 136 cm³/mol. The second kappa shape index (κ2) is 10.1. The van der Waals surface area contributed by atoms with Crippen molar-refractivity contribution in [3.8, 4) is 22.7 Å². The molecule has 0 unspecified atom stereocenters. The Kier molecular flexibility index (Phi) is 6.36. The lowest BCUT2D eigenvalue weighted by Crippen LogP contribution is -1.96. The van der Waals surface area contributed by atoms with Crippen LogP contribution >= 0.6 is 0 Å². The first-order valence-corrected chi connectivity index (χ1v) is 11.2. The van der Waals surface area contributed by atoms with Crippen molar-refractivity contribution >= 4 is 12.0 Å². The molecule has 0 saturated heterocycles. The first-order valence-electron chi connectivity index (χ1n) is 11.2. The van der Waals surface area contributed by atoms with Crippen LogP contribution in [0, 0.1) is 24.9 Å². The van der Waals surface area contributed by atoms with Gasteiger partial charge < -0.3 is 4.74 Å². The lowest BCUT2D eigenvalue weighted by molar-refractivity contribution is 0.306. The van der Waals surface area contributed by atoms with Gasteiger partial charge in [0, 0.05) is 29.5 Å². The molecule has 5 rings (SSSR count). The molecular weight excluding hydrogens is 437 g/mol. The Bertz CT molecular complexity index is 1440. The van der Waals surface area contributed by atoms with Gasteiger partial charge in [0.05, 0.1) is 11.4 Å².